The molecule has 0 fully saturated rings. The van der Waals surface area contributed by atoms with Crippen LogP contribution in [0.2, 0.25) is 0 Å². The molecule has 112 valence electrons. The Bertz CT molecular complexity index is 591. The molecular formula is C16H17F3N2. The maximum atomic E-state index is 12.9. The van der Waals surface area contributed by atoms with Crippen molar-refractivity contribution >= 4 is 0 Å². The van der Waals surface area contributed by atoms with Crippen LogP contribution in [0.15, 0.2) is 42.7 Å². The van der Waals surface area contributed by atoms with Gasteiger partial charge in [0.1, 0.15) is 0 Å². The van der Waals surface area contributed by atoms with Gasteiger partial charge in [-0.15, -0.1) is 0 Å². The number of aryl methyl sites for hydroxylation is 2. The lowest BCUT2D eigenvalue weighted by molar-refractivity contribution is -0.138. The Morgan fingerprint density at radius 2 is 1.81 bits per heavy atom. The van der Waals surface area contributed by atoms with E-state index in [1.165, 1.54) is 6.20 Å². The maximum absolute atomic E-state index is 12.9. The summed E-state index contributed by atoms with van der Waals surface area (Å²) >= 11 is 0. The van der Waals surface area contributed by atoms with Gasteiger partial charge in [-0.1, -0.05) is 29.8 Å². The van der Waals surface area contributed by atoms with E-state index in [1.54, 1.807) is 0 Å². The second-order valence-electron chi connectivity index (χ2n) is 5.09. The molecule has 0 aliphatic heterocycles. The Balaban J connectivity index is 2.10. The SMILES string of the molecule is Cc1ccc(CCC(N)c2cnccc2C(F)(F)F)cc1. The Labute approximate surface area is 121 Å². The van der Waals surface area contributed by atoms with Crippen molar-refractivity contribution in [3.63, 3.8) is 0 Å². The summed E-state index contributed by atoms with van der Waals surface area (Å²) < 4.78 is 38.8. The van der Waals surface area contributed by atoms with Gasteiger partial charge in [0.2, 0.25) is 0 Å². The van der Waals surface area contributed by atoms with Crippen molar-refractivity contribution < 1.29 is 13.2 Å². The van der Waals surface area contributed by atoms with Crippen LogP contribution in [0.5, 0.6) is 0 Å². The minimum absolute atomic E-state index is 0.0529. The second kappa shape index (κ2) is 6.26. The van der Waals surface area contributed by atoms with E-state index in [-0.39, 0.29) is 5.56 Å². The average molecular weight is 294 g/mol. The van der Waals surface area contributed by atoms with Crippen molar-refractivity contribution in [3.8, 4) is 0 Å². The fraction of sp³-hybridized carbons (Fsp3) is 0.312. The van der Waals surface area contributed by atoms with E-state index >= 15 is 0 Å². The van der Waals surface area contributed by atoms with E-state index in [4.69, 9.17) is 5.73 Å². The fourth-order valence-electron chi connectivity index (χ4n) is 2.19. The number of rotatable bonds is 4. The van der Waals surface area contributed by atoms with Gasteiger partial charge in [0.25, 0.3) is 0 Å². The highest BCUT2D eigenvalue weighted by Crippen LogP contribution is 2.34. The maximum Gasteiger partial charge on any atom is 0.416 e. The first-order valence-electron chi connectivity index (χ1n) is 6.70. The second-order valence-corrected chi connectivity index (χ2v) is 5.09. The Morgan fingerprint density at radius 3 is 2.43 bits per heavy atom. The molecule has 1 aromatic carbocycles. The van der Waals surface area contributed by atoms with Gasteiger partial charge in [0.05, 0.1) is 5.56 Å². The van der Waals surface area contributed by atoms with Gasteiger partial charge in [0.15, 0.2) is 0 Å². The lowest BCUT2D eigenvalue weighted by atomic mass is 9.97. The summed E-state index contributed by atoms with van der Waals surface area (Å²) in [5.41, 5.74) is 7.49. The number of hydrogen-bond acceptors (Lipinski definition) is 2. The van der Waals surface area contributed by atoms with Crippen LogP contribution in [0.1, 0.15) is 34.7 Å². The van der Waals surface area contributed by atoms with Crippen LogP contribution in [-0.2, 0) is 12.6 Å². The van der Waals surface area contributed by atoms with E-state index in [0.29, 0.717) is 12.8 Å². The van der Waals surface area contributed by atoms with Crippen LogP contribution < -0.4 is 5.73 Å². The van der Waals surface area contributed by atoms with E-state index < -0.39 is 17.8 Å². The van der Waals surface area contributed by atoms with Gasteiger partial charge >= 0.3 is 6.18 Å². The van der Waals surface area contributed by atoms with Crippen molar-refractivity contribution in [1.29, 1.82) is 0 Å². The van der Waals surface area contributed by atoms with Crippen LogP contribution in [0, 0.1) is 6.92 Å². The number of benzene rings is 1. The largest absolute Gasteiger partial charge is 0.416 e. The van der Waals surface area contributed by atoms with Gasteiger partial charge in [-0.25, -0.2) is 0 Å². The molecule has 2 rings (SSSR count). The fourth-order valence-corrected chi connectivity index (χ4v) is 2.19. The van der Waals surface area contributed by atoms with Gasteiger partial charge in [-0.2, -0.15) is 13.2 Å². The van der Waals surface area contributed by atoms with Crippen molar-refractivity contribution in [2.75, 3.05) is 0 Å². The van der Waals surface area contributed by atoms with Crippen molar-refractivity contribution in [2.45, 2.75) is 32.0 Å². The van der Waals surface area contributed by atoms with Crippen LogP contribution in [-0.4, -0.2) is 4.98 Å². The van der Waals surface area contributed by atoms with Crippen LogP contribution >= 0.6 is 0 Å². The number of aromatic nitrogens is 1. The summed E-state index contributed by atoms with van der Waals surface area (Å²) in [6.45, 7) is 1.99. The van der Waals surface area contributed by atoms with Crippen LogP contribution in [0.4, 0.5) is 13.2 Å². The molecule has 1 atom stereocenters. The summed E-state index contributed by atoms with van der Waals surface area (Å²) in [6, 6.07) is 8.18. The van der Waals surface area contributed by atoms with Crippen LogP contribution in [0.3, 0.4) is 0 Å². The monoisotopic (exact) mass is 294 g/mol. The molecule has 0 spiro atoms. The Morgan fingerprint density at radius 1 is 1.14 bits per heavy atom. The van der Waals surface area contributed by atoms with Gasteiger partial charge in [-0.3, -0.25) is 4.98 Å². The topological polar surface area (TPSA) is 38.9 Å². The highest BCUT2D eigenvalue weighted by molar-refractivity contribution is 5.29. The average Bonchev–Trinajstić information content (AvgIpc) is 2.45. The minimum Gasteiger partial charge on any atom is -0.324 e. The van der Waals surface area contributed by atoms with E-state index in [0.717, 1.165) is 23.4 Å². The Hall–Kier alpha value is -1.88. The predicted molar refractivity (Wildman–Crippen MR) is 75.7 cm³/mol. The summed E-state index contributed by atoms with van der Waals surface area (Å²) in [7, 11) is 0. The zero-order chi connectivity index (χ0) is 15.5. The van der Waals surface area contributed by atoms with Crippen molar-refractivity contribution in [3.05, 3.63) is 65.0 Å². The summed E-state index contributed by atoms with van der Waals surface area (Å²) in [5.74, 6) is 0. The molecule has 2 nitrogen and oxygen atoms in total. The zero-order valence-corrected chi connectivity index (χ0v) is 11.7. The van der Waals surface area contributed by atoms with E-state index in [1.807, 2.05) is 31.2 Å². The number of nitrogens with zero attached hydrogens (tertiary/aromatic N) is 1. The molecule has 2 aromatic rings. The smallest absolute Gasteiger partial charge is 0.324 e. The van der Waals surface area contributed by atoms with Gasteiger partial charge in [0, 0.05) is 18.4 Å². The summed E-state index contributed by atoms with van der Waals surface area (Å²) in [4.78, 5) is 3.77. The molecule has 0 aliphatic carbocycles. The third-order valence-corrected chi connectivity index (χ3v) is 3.42. The number of nitrogens with two attached hydrogens (primary N) is 1. The number of halogens is 3. The first-order valence-corrected chi connectivity index (χ1v) is 6.70. The van der Waals surface area contributed by atoms with Gasteiger partial charge < -0.3 is 5.73 Å². The first kappa shape index (κ1) is 15.5. The molecule has 1 aromatic heterocycles. The number of hydrogen-bond donors (Lipinski definition) is 1. The third kappa shape index (κ3) is 4.04. The van der Waals surface area contributed by atoms with Crippen molar-refractivity contribution in [1.82, 2.24) is 4.98 Å². The molecule has 5 heteroatoms. The highest BCUT2D eigenvalue weighted by Gasteiger charge is 2.34. The third-order valence-electron chi connectivity index (χ3n) is 3.42. The molecular weight excluding hydrogens is 277 g/mol. The minimum atomic E-state index is -4.40. The highest BCUT2D eigenvalue weighted by atomic mass is 19.4. The molecule has 0 radical (unpaired) electrons. The first-order chi connectivity index (χ1) is 9.88. The molecule has 0 aliphatic rings. The molecule has 1 unspecified atom stereocenters. The standard InChI is InChI=1S/C16H17F3N2/c1-11-2-4-12(5-3-11)6-7-15(20)13-10-21-9-8-14(13)16(17,18)19/h2-5,8-10,15H,6-7,20H2,1H3. The summed E-state index contributed by atoms with van der Waals surface area (Å²) in [5, 5.41) is 0. The van der Waals surface area contributed by atoms with Crippen LogP contribution in [0.25, 0.3) is 0 Å². The van der Waals surface area contributed by atoms with E-state index in [2.05, 4.69) is 4.98 Å². The lowest BCUT2D eigenvalue weighted by Gasteiger charge is -2.17. The molecule has 21 heavy (non-hydrogen) atoms. The molecule has 0 amide bonds. The van der Waals surface area contributed by atoms with Gasteiger partial charge in [-0.05, 0) is 37.0 Å². The zero-order valence-electron chi connectivity index (χ0n) is 11.7. The summed E-state index contributed by atoms with van der Waals surface area (Å²) in [6.07, 6.45) is -0.979. The van der Waals surface area contributed by atoms with E-state index in [9.17, 15) is 13.2 Å². The lowest BCUT2D eigenvalue weighted by Crippen LogP contribution is -2.18. The number of alkyl halides is 3. The number of pyridine rings is 1. The predicted octanol–water partition coefficient (Wildman–Crippen LogP) is 4.04. The molecule has 0 saturated carbocycles. The quantitative estimate of drug-likeness (QED) is 0.924. The molecule has 2 N–H and O–H groups in total. The molecule has 1 heterocycles. The molecule has 0 bridgehead atoms. The molecule has 0 saturated heterocycles. The Kier molecular flexibility index (Phi) is 4.63. The van der Waals surface area contributed by atoms with Crippen molar-refractivity contribution in [2.24, 2.45) is 5.73 Å². The normalized spacial score (nSPS) is 13.2.